The lowest BCUT2D eigenvalue weighted by atomic mass is 10.1. The van der Waals surface area contributed by atoms with E-state index in [-0.39, 0.29) is 6.42 Å². The van der Waals surface area contributed by atoms with E-state index in [0.717, 1.165) is 0 Å². The van der Waals surface area contributed by atoms with Crippen LogP contribution in [0.4, 0.5) is 0 Å². The number of aliphatic carboxylic acids is 1. The summed E-state index contributed by atoms with van der Waals surface area (Å²) >= 11 is 0. The number of aromatic nitrogens is 1. The number of likely N-dealkylation sites (tertiary alicyclic amines) is 1. The van der Waals surface area contributed by atoms with Crippen LogP contribution in [0.5, 0.6) is 0 Å². The minimum absolute atomic E-state index is 0.310. The quantitative estimate of drug-likeness (QED) is 0.812. The van der Waals surface area contributed by atoms with Crippen LogP contribution in [0.3, 0.4) is 0 Å². The summed E-state index contributed by atoms with van der Waals surface area (Å²) < 4.78 is 0. The van der Waals surface area contributed by atoms with E-state index < -0.39 is 17.9 Å². The number of Topliss-reactive ketones (excluding diaryl/α,β-unsaturated/α-hetero) is 1. The number of pyridine rings is 1. The van der Waals surface area contributed by atoms with E-state index in [9.17, 15) is 9.59 Å². The van der Waals surface area contributed by atoms with Crippen molar-refractivity contribution < 1.29 is 19.8 Å². The average Bonchev–Trinajstić information content (AvgIpc) is 2.86. The fourth-order valence-corrected chi connectivity index (χ4v) is 2.26. The molecule has 6 nitrogen and oxygen atoms in total. The van der Waals surface area contributed by atoms with Crippen molar-refractivity contribution in [3.8, 4) is 0 Å². The highest BCUT2D eigenvalue weighted by molar-refractivity contribution is 6.32. The summed E-state index contributed by atoms with van der Waals surface area (Å²) in [6, 6.07) is 4.79. The predicted octanol–water partition coefficient (Wildman–Crippen LogP) is 1.26. The first-order valence-electron chi connectivity index (χ1n) is 6.96. The molecule has 21 heavy (non-hydrogen) atoms. The Hall–Kier alpha value is -1.79. The second kappa shape index (κ2) is 8.49. The van der Waals surface area contributed by atoms with Crippen LogP contribution in [0, 0.1) is 0 Å². The van der Waals surface area contributed by atoms with Gasteiger partial charge in [-0.15, -0.1) is 0 Å². The first-order chi connectivity index (χ1) is 9.91. The van der Waals surface area contributed by atoms with Gasteiger partial charge in [-0.1, -0.05) is 6.07 Å². The summed E-state index contributed by atoms with van der Waals surface area (Å²) in [5.74, 6) is -2.44. The van der Waals surface area contributed by atoms with Crippen LogP contribution < -0.4 is 0 Å². The second-order valence-electron chi connectivity index (χ2n) is 5.21. The zero-order valence-electron chi connectivity index (χ0n) is 12.4. The minimum Gasteiger partial charge on any atom is -0.475 e. The van der Waals surface area contributed by atoms with Crippen molar-refractivity contribution in [3.63, 3.8) is 0 Å². The number of carboxylic acid groups (broad SMARTS) is 1. The number of hydrogen-bond acceptors (Lipinski definition) is 5. The molecule has 2 atom stereocenters. The number of hydrogen-bond donors (Lipinski definition) is 2. The molecule has 1 saturated heterocycles. The SMILES string of the molecule is CC(O)CC(=O)C(=O)O.CN1CCC[C@H]1c1cccnc1. The van der Waals surface area contributed by atoms with E-state index in [0.29, 0.717) is 6.04 Å². The normalized spacial score (nSPS) is 19.5. The fourth-order valence-electron chi connectivity index (χ4n) is 2.26. The molecule has 6 heteroatoms. The number of ketones is 1. The molecular formula is C15H22N2O4. The van der Waals surface area contributed by atoms with E-state index in [4.69, 9.17) is 10.2 Å². The molecule has 1 aromatic rings. The zero-order valence-corrected chi connectivity index (χ0v) is 12.4. The van der Waals surface area contributed by atoms with E-state index in [1.807, 2.05) is 18.5 Å². The van der Waals surface area contributed by atoms with Crippen molar-refractivity contribution in [1.82, 2.24) is 9.88 Å². The molecule has 1 fully saturated rings. The molecule has 1 aromatic heterocycles. The van der Waals surface area contributed by atoms with Gasteiger partial charge in [-0.25, -0.2) is 4.79 Å². The molecule has 0 aliphatic carbocycles. The Labute approximate surface area is 124 Å². The summed E-state index contributed by atoms with van der Waals surface area (Å²) in [6.07, 6.45) is 5.23. The highest BCUT2D eigenvalue weighted by Gasteiger charge is 2.21. The Bertz CT molecular complexity index is 462. The van der Waals surface area contributed by atoms with Gasteiger partial charge in [0.05, 0.1) is 6.10 Å². The highest BCUT2D eigenvalue weighted by Crippen LogP contribution is 2.29. The van der Waals surface area contributed by atoms with Crippen LogP contribution in [0.25, 0.3) is 0 Å². The van der Waals surface area contributed by atoms with Crippen LogP contribution in [0.2, 0.25) is 0 Å². The van der Waals surface area contributed by atoms with E-state index in [1.54, 1.807) is 0 Å². The molecule has 2 rings (SSSR count). The first-order valence-corrected chi connectivity index (χ1v) is 6.96. The molecule has 0 spiro atoms. The Kier molecular flexibility index (Phi) is 6.98. The monoisotopic (exact) mass is 294 g/mol. The van der Waals surface area contributed by atoms with Crippen LogP contribution in [0.1, 0.15) is 37.8 Å². The molecule has 0 bridgehead atoms. The van der Waals surface area contributed by atoms with Crippen LogP contribution >= 0.6 is 0 Å². The Balaban J connectivity index is 0.000000222. The number of aliphatic hydroxyl groups is 1. The molecule has 0 saturated carbocycles. The van der Waals surface area contributed by atoms with Gasteiger partial charge < -0.3 is 10.2 Å². The number of nitrogens with zero attached hydrogens (tertiary/aromatic N) is 2. The third-order valence-corrected chi connectivity index (χ3v) is 3.31. The van der Waals surface area contributed by atoms with Gasteiger partial charge in [0.15, 0.2) is 0 Å². The predicted molar refractivity (Wildman–Crippen MR) is 77.8 cm³/mol. The molecule has 1 unspecified atom stereocenters. The van der Waals surface area contributed by atoms with Crippen molar-refractivity contribution >= 4 is 11.8 Å². The Morgan fingerprint density at radius 2 is 2.24 bits per heavy atom. The largest absolute Gasteiger partial charge is 0.475 e. The van der Waals surface area contributed by atoms with E-state index in [2.05, 4.69) is 23.0 Å². The maximum Gasteiger partial charge on any atom is 0.372 e. The summed E-state index contributed by atoms with van der Waals surface area (Å²) in [5, 5.41) is 16.5. The van der Waals surface area contributed by atoms with E-state index in [1.165, 1.54) is 31.9 Å². The molecule has 0 amide bonds. The fraction of sp³-hybridized carbons (Fsp3) is 0.533. The van der Waals surface area contributed by atoms with Gasteiger partial charge in [0, 0.05) is 24.9 Å². The number of carbonyl (C=O) groups excluding carboxylic acids is 1. The van der Waals surface area contributed by atoms with Gasteiger partial charge in [-0.2, -0.15) is 0 Å². The Morgan fingerprint density at radius 3 is 2.62 bits per heavy atom. The lowest BCUT2D eigenvalue weighted by molar-refractivity contribution is -0.149. The van der Waals surface area contributed by atoms with Crippen molar-refractivity contribution in [2.24, 2.45) is 0 Å². The van der Waals surface area contributed by atoms with Crippen molar-refractivity contribution in [3.05, 3.63) is 30.1 Å². The Morgan fingerprint density at radius 1 is 1.52 bits per heavy atom. The summed E-state index contributed by atoms with van der Waals surface area (Å²) in [5.41, 5.74) is 1.36. The van der Waals surface area contributed by atoms with E-state index >= 15 is 0 Å². The van der Waals surface area contributed by atoms with Crippen LogP contribution in [-0.4, -0.2) is 51.5 Å². The zero-order chi connectivity index (χ0) is 15.8. The number of carboxylic acids is 1. The van der Waals surface area contributed by atoms with Crippen molar-refractivity contribution in [2.45, 2.75) is 38.3 Å². The summed E-state index contributed by atoms with van der Waals surface area (Å²) in [7, 11) is 2.19. The van der Waals surface area contributed by atoms with Gasteiger partial charge in [0.2, 0.25) is 5.78 Å². The summed E-state index contributed by atoms with van der Waals surface area (Å²) in [4.78, 5) is 26.5. The highest BCUT2D eigenvalue weighted by atomic mass is 16.4. The third kappa shape index (κ3) is 6.01. The van der Waals surface area contributed by atoms with Gasteiger partial charge >= 0.3 is 5.97 Å². The van der Waals surface area contributed by atoms with Gasteiger partial charge in [-0.05, 0) is 45.0 Å². The molecule has 2 heterocycles. The molecule has 116 valence electrons. The van der Waals surface area contributed by atoms with Gasteiger partial charge in [0.25, 0.3) is 0 Å². The molecule has 1 aliphatic rings. The van der Waals surface area contributed by atoms with Gasteiger partial charge in [0.1, 0.15) is 0 Å². The maximum atomic E-state index is 10.2. The number of aliphatic hydroxyl groups excluding tert-OH is 1. The molecule has 1 aliphatic heterocycles. The molecule has 0 radical (unpaired) electrons. The smallest absolute Gasteiger partial charge is 0.372 e. The first kappa shape index (κ1) is 17.3. The molecule has 2 N–H and O–H groups in total. The average molecular weight is 294 g/mol. The van der Waals surface area contributed by atoms with Crippen LogP contribution in [0.15, 0.2) is 24.5 Å². The van der Waals surface area contributed by atoms with Crippen molar-refractivity contribution in [1.29, 1.82) is 0 Å². The van der Waals surface area contributed by atoms with Crippen molar-refractivity contribution in [2.75, 3.05) is 13.6 Å². The summed E-state index contributed by atoms with van der Waals surface area (Å²) in [6.45, 7) is 2.58. The maximum absolute atomic E-state index is 10.2. The lowest BCUT2D eigenvalue weighted by Gasteiger charge is -2.18. The third-order valence-electron chi connectivity index (χ3n) is 3.31. The lowest BCUT2D eigenvalue weighted by Crippen LogP contribution is -2.17. The molecule has 0 aromatic carbocycles. The number of rotatable bonds is 4. The van der Waals surface area contributed by atoms with Gasteiger partial charge in [-0.3, -0.25) is 14.7 Å². The topological polar surface area (TPSA) is 90.7 Å². The van der Waals surface area contributed by atoms with Crippen LogP contribution in [-0.2, 0) is 9.59 Å². The standard InChI is InChI=1S/C10H14N2.C5H8O4/c1-12-7-3-5-10(12)9-4-2-6-11-8-9;1-3(6)2-4(7)5(8)9/h2,4,6,8,10H,3,5,7H2,1H3;3,6H,2H2,1H3,(H,8,9)/t10-;/m0./s1. The number of carbonyl (C=O) groups is 2. The second-order valence-corrected chi connectivity index (χ2v) is 5.21. The molecular weight excluding hydrogens is 272 g/mol. The minimum atomic E-state index is -1.49.